The summed E-state index contributed by atoms with van der Waals surface area (Å²) in [7, 11) is 4.59. The molecule has 0 aromatic heterocycles. The molecule has 0 spiro atoms. The highest BCUT2D eigenvalue weighted by atomic mass is 16.6. The molecule has 4 rings (SSSR count). The highest BCUT2D eigenvalue weighted by molar-refractivity contribution is 6.39. The van der Waals surface area contributed by atoms with Gasteiger partial charge in [0.25, 0.3) is 11.7 Å². The molecule has 1 amide bonds. The first kappa shape index (κ1) is 54.5. The number of Topliss-reactive ketones (excluding diaryl/α,β-unsaturated/α-hetero) is 2. The van der Waals surface area contributed by atoms with Crippen molar-refractivity contribution in [3.8, 4) is 0 Å². The summed E-state index contributed by atoms with van der Waals surface area (Å²) in [6, 6.07) is -1.13. The lowest BCUT2D eigenvalue weighted by Crippen LogP contribution is -2.61. The van der Waals surface area contributed by atoms with Crippen LogP contribution < -0.4 is 0 Å². The molecule has 1 saturated carbocycles. The molecule has 0 radical (unpaired) electrons. The second kappa shape index (κ2) is 25.3. The Bertz CT molecular complexity index is 1710. The molecule has 14 heteroatoms. The van der Waals surface area contributed by atoms with Crippen molar-refractivity contribution in [2.75, 3.05) is 27.9 Å². The van der Waals surface area contributed by atoms with Gasteiger partial charge in [-0.15, -0.1) is 0 Å². The Kier molecular flexibility index (Phi) is 21.3. The number of carbonyl (C=O) groups excluding carboxylic acids is 4. The van der Waals surface area contributed by atoms with E-state index in [0.29, 0.717) is 63.4 Å². The second-order valence-electron chi connectivity index (χ2n) is 19.8. The van der Waals surface area contributed by atoms with E-state index in [0.717, 1.165) is 12.0 Å². The number of esters is 1. The third-order valence-electron chi connectivity index (χ3n) is 14.7. The first-order valence-corrected chi connectivity index (χ1v) is 24.1. The number of piperidine rings is 1. The third kappa shape index (κ3) is 14.5. The number of nitrogens with zero attached hydrogens (tertiary/aromatic N) is 1. The van der Waals surface area contributed by atoms with E-state index >= 15 is 0 Å². The number of aliphatic hydroxyl groups is 4. The molecule has 2 bridgehead atoms. The van der Waals surface area contributed by atoms with Crippen molar-refractivity contribution < 1.29 is 63.3 Å². The Hall–Kier alpha value is -3.08. The number of cyclic esters (lactones) is 1. The van der Waals surface area contributed by atoms with Gasteiger partial charge in [0.15, 0.2) is 0 Å². The van der Waals surface area contributed by atoms with Crippen molar-refractivity contribution in [2.24, 2.45) is 35.5 Å². The average Bonchev–Trinajstić information content (AvgIpc) is 3.28. The SMILES string of the molecule is CO[C@H]1C[C@@H]2CC[C@@H](C)[C@@](O)(O2)C(=O)C(=O)N2CCCC[C@H]2C(=O)O[C@H]([C@H](C)C[C@@H]2CC[C@@H](O)[C@H](OC)C2)CC(=O)[C@H](C)/C=C(\C)[C@@H](O)[C@@H](OC)C(O)[C@H](C)C[C@H](C)/C=C/C=C/C=C/1C. The van der Waals surface area contributed by atoms with Gasteiger partial charge >= 0.3 is 5.97 Å². The standard InChI is InChI=1S/C51H81NO13/c1-30-16-12-11-13-17-31(2)42(61-8)28-38-21-19-36(7)51(60,65-38)48(57)49(58)52-23-15-14-18-39(52)50(59)64-43(33(4)26-37-20-22-40(53)44(27-37)62-9)29-41(54)32(3)25-35(6)46(56)47(63-10)45(55)34(5)24-30/h11-13,16-17,25,30,32-34,36-40,42-47,53,55-56,60H,14-15,18-24,26-29H2,1-10H3/b13-11+,16-12+,31-17+,35-25+/t30-,32-,33-,34-,36-,37+,38+,39+,40-,42+,43+,44-,45?,46-,47+,51-/m1/s1. The minimum absolute atomic E-state index is 0.0801. The van der Waals surface area contributed by atoms with E-state index < -0.39 is 84.1 Å². The normalized spacial score (nSPS) is 41.5. The van der Waals surface area contributed by atoms with E-state index in [1.54, 1.807) is 41.1 Å². The number of hydrogen-bond donors (Lipinski definition) is 4. The maximum Gasteiger partial charge on any atom is 0.329 e. The smallest absolute Gasteiger partial charge is 0.329 e. The molecule has 4 N–H and O–H groups in total. The fourth-order valence-corrected chi connectivity index (χ4v) is 10.3. The van der Waals surface area contributed by atoms with Crippen LogP contribution in [0.4, 0.5) is 0 Å². The molecule has 2 saturated heterocycles. The van der Waals surface area contributed by atoms with Crippen molar-refractivity contribution in [1.82, 2.24) is 4.90 Å². The molecule has 3 fully saturated rings. The Morgan fingerprint density at radius 3 is 2.25 bits per heavy atom. The van der Waals surface area contributed by atoms with Crippen LogP contribution in [0.15, 0.2) is 47.6 Å². The zero-order valence-corrected chi connectivity index (χ0v) is 40.7. The van der Waals surface area contributed by atoms with Gasteiger partial charge in [-0.2, -0.15) is 0 Å². The first-order chi connectivity index (χ1) is 30.7. The molecule has 0 aromatic carbocycles. The van der Waals surface area contributed by atoms with Gasteiger partial charge in [0.1, 0.15) is 30.1 Å². The van der Waals surface area contributed by atoms with Gasteiger partial charge in [-0.1, -0.05) is 71.1 Å². The highest BCUT2D eigenvalue weighted by Gasteiger charge is 2.53. The fourth-order valence-electron chi connectivity index (χ4n) is 10.3. The number of aliphatic hydroxyl groups excluding tert-OH is 3. The fraction of sp³-hybridized carbons (Fsp3) is 0.765. The van der Waals surface area contributed by atoms with Crippen LogP contribution in [0.2, 0.25) is 0 Å². The Labute approximate surface area is 387 Å². The zero-order valence-electron chi connectivity index (χ0n) is 40.7. The predicted octanol–water partition coefficient (Wildman–Crippen LogP) is 5.97. The molecule has 4 aliphatic rings. The van der Waals surface area contributed by atoms with Crippen LogP contribution in [0, 0.1) is 35.5 Å². The van der Waals surface area contributed by atoms with Crippen molar-refractivity contribution in [1.29, 1.82) is 0 Å². The summed E-state index contributed by atoms with van der Waals surface area (Å²) in [5.74, 6) is -7.35. The maximum absolute atomic E-state index is 14.4. The van der Waals surface area contributed by atoms with E-state index in [-0.39, 0.29) is 54.9 Å². The summed E-state index contributed by atoms with van der Waals surface area (Å²) >= 11 is 0. The average molecular weight is 916 g/mol. The number of methoxy groups -OCH3 is 3. The van der Waals surface area contributed by atoms with E-state index in [1.807, 2.05) is 58.1 Å². The summed E-state index contributed by atoms with van der Waals surface area (Å²) in [6.45, 7) is 13.0. The summed E-state index contributed by atoms with van der Waals surface area (Å²) in [5, 5.41) is 45.3. The van der Waals surface area contributed by atoms with Crippen LogP contribution in [0.3, 0.4) is 0 Å². The van der Waals surface area contributed by atoms with Crippen LogP contribution in [0.1, 0.15) is 126 Å². The second-order valence-corrected chi connectivity index (χ2v) is 19.8. The van der Waals surface area contributed by atoms with E-state index in [4.69, 9.17) is 23.7 Å². The number of allylic oxidation sites excluding steroid dienone is 6. The lowest BCUT2D eigenvalue weighted by atomic mass is 9.78. The van der Waals surface area contributed by atoms with Gasteiger partial charge in [-0.05, 0) is 113 Å². The number of ether oxygens (including phenoxy) is 5. The monoisotopic (exact) mass is 916 g/mol. The molecular weight excluding hydrogens is 835 g/mol. The first-order valence-electron chi connectivity index (χ1n) is 24.1. The lowest BCUT2D eigenvalue weighted by molar-refractivity contribution is -0.265. The summed E-state index contributed by atoms with van der Waals surface area (Å²) in [5.41, 5.74) is 1.34. The number of carbonyl (C=O) groups is 4. The van der Waals surface area contributed by atoms with Crippen LogP contribution in [0.5, 0.6) is 0 Å². The van der Waals surface area contributed by atoms with Crippen molar-refractivity contribution in [3.63, 3.8) is 0 Å². The highest BCUT2D eigenvalue weighted by Crippen LogP contribution is 2.38. The molecule has 368 valence electrons. The molecule has 14 nitrogen and oxygen atoms in total. The number of amides is 1. The number of hydrogen-bond acceptors (Lipinski definition) is 13. The maximum atomic E-state index is 14.4. The molecule has 3 heterocycles. The minimum Gasteiger partial charge on any atom is -0.460 e. The Morgan fingerprint density at radius 1 is 0.846 bits per heavy atom. The van der Waals surface area contributed by atoms with Crippen LogP contribution in [-0.4, -0.2) is 137 Å². The van der Waals surface area contributed by atoms with Crippen molar-refractivity contribution in [3.05, 3.63) is 47.6 Å². The molecular formula is C51H81NO13. The van der Waals surface area contributed by atoms with E-state index in [9.17, 15) is 39.6 Å². The number of rotatable bonds is 6. The zero-order chi connectivity index (χ0) is 48.2. The Morgan fingerprint density at radius 2 is 1.57 bits per heavy atom. The predicted molar refractivity (Wildman–Crippen MR) is 246 cm³/mol. The van der Waals surface area contributed by atoms with Crippen molar-refractivity contribution in [2.45, 2.75) is 186 Å². The minimum atomic E-state index is -2.42. The molecule has 3 aliphatic heterocycles. The largest absolute Gasteiger partial charge is 0.460 e. The summed E-state index contributed by atoms with van der Waals surface area (Å²) in [6.07, 6.45) is 10.9. The Balaban J connectivity index is 1.70. The van der Waals surface area contributed by atoms with Crippen molar-refractivity contribution >= 4 is 23.4 Å². The van der Waals surface area contributed by atoms with Crippen LogP contribution >= 0.6 is 0 Å². The lowest BCUT2D eigenvalue weighted by Gasteiger charge is -2.42. The van der Waals surface area contributed by atoms with E-state index in [1.165, 1.54) is 12.0 Å². The van der Waals surface area contributed by atoms with Gasteiger partial charge in [-0.3, -0.25) is 14.4 Å². The molecule has 0 aromatic rings. The summed E-state index contributed by atoms with van der Waals surface area (Å²) < 4.78 is 29.5. The van der Waals surface area contributed by atoms with Gasteiger partial charge in [0.05, 0.1) is 30.5 Å². The van der Waals surface area contributed by atoms with E-state index in [2.05, 4.69) is 0 Å². The van der Waals surface area contributed by atoms with Gasteiger partial charge in [0.2, 0.25) is 5.79 Å². The van der Waals surface area contributed by atoms with Gasteiger partial charge in [-0.25, -0.2) is 4.79 Å². The number of ketones is 2. The molecule has 1 unspecified atom stereocenters. The number of fused-ring (bicyclic) bond motifs is 3. The third-order valence-corrected chi connectivity index (χ3v) is 14.7. The molecule has 1 aliphatic carbocycles. The van der Waals surface area contributed by atoms with Crippen LogP contribution in [0.25, 0.3) is 0 Å². The quantitative estimate of drug-likeness (QED) is 0.138. The van der Waals surface area contributed by atoms with Gasteiger partial charge in [0, 0.05) is 52.6 Å². The summed E-state index contributed by atoms with van der Waals surface area (Å²) in [4.78, 5) is 58.1. The van der Waals surface area contributed by atoms with Gasteiger partial charge < -0.3 is 49.0 Å². The molecule has 16 atom stereocenters. The van der Waals surface area contributed by atoms with Crippen LogP contribution in [-0.2, 0) is 42.9 Å². The topological polar surface area (TPSA) is 199 Å². The molecule has 65 heavy (non-hydrogen) atoms.